The fraction of sp³-hybridized carbons (Fsp3) is 0.364. The van der Waals surface area contributed by atoms with Crippen LogP contribution in [-0.2, 0) is 16.6 Å². The molecule has 0 aliphatic heterocycles. The number of nitrogens with zero attached hydrogens (tertiary/aromatic N) is 1. The summed E-state index contributed by atoms with van der Waals surface area (Å²) in [6, 6.07) is 12.1. The Balaban J connectivity index is 0.000000159. The molecule has 3 N–H and O–H groups in total. The van der Waals surface area contributed by atoms with E-state index < -0.39 is 0 Å². The van der Waals surface area contributed by atoms with Crippen LogP contribution >= 0.6 is 11.6 Å². The Morgan fingerprint density at radius 3 is 2.85 bits per heavy atom. The topological polar surface area (TPSA) is 68.0 Å². The molecule has 0 fully saturated rings. The third kappa shape index (κ3) is 4.68. The van der Waals surface area contributed by atoms with Crippen LogP contribution in [0, 0.1) is 11.8 Å². The maximum atomic E-state index is 10.8. The number of fused-ring (bicyclic) bond motifs is 2. The van der Waals surface area contributed by atoms with Gasteiger partial charge in [-0.1, -0.05) is 23.7 Å². The van der Waals surface area contributed by atoms with Crippen LogP contribution in [0.15, 0.2) is 42.6 Å². The van der Waals surface area contributed by atoms with E-state index >= 15 is 0 Å². The lowest BCUT2D eigenvalue weighted by Crippen LogP contribution is -2.35. The average Bonchev–Trinajstić information content (AvgIpc) is 2.94. The van der Waals surface area contributed by atoms with Gasteiger partial charge in [-0.3, -0.25) is 9.78 Å². The number of hydrogen-bond donors (Lipinski definition) is 2. The second-order valence-corrected chi connectivity index (χ2v) is 7.51. The molecule has 0 spiro atoms. The van der Waals surface area contributed by atoms with Gasteiger partial charge < -0.3 is 11.1 Å². The van der Waals surface area contributed by atoms with Crippen LogP contribution in [0.25, 0.3) is 0 Å². The number of amides is 1. The Kier molecular flexibility index (Phi) is 6.15. The molecule has 1 unspecified atom stereocenters. The number of hydrogen-bond acceptors (Lipinski definition) is 3. The number of carbonyl (C=O) groups is 1. The summed E-state index contributed by atoms with van der Waals surface area (Å²) in [5.41, 5.74) is 9.39. The quantitative estimate of drug-likeness (QED) is 0.799. The molecule has 1 heterocycles. The lowest BCUT2D eigenvalue weighted by molar-refractivity contribution is -0.119. The average molecular weight is 382 g/mol. The molecule has 2 aliphatic carbocycles. The Morgan fingerprint density at radius 2 is 2.22 bits per heavy atom. The Hall–Kier alpha value is -2.35. The predicted octanol–water partition coefficient (Wildman–Crippen LogP) is 3.54. The van der Waals surface area contributed by atoms with E-state index in [0.717, 1.165) is 36.4 Å². The number of carbonyl (C=O) groups excluding carboxylic acids is 1. The van der Waals surface area contributed by atoms with Crippen molar-refractivity contribution in [1.82, 2.24) is 10.3 Å². The largest absolute Gasteiger partial charge is 0.348 e. The normalized spacial score (nSPS) is 22.1. The van der Waals surface area contributed by atoms with Crippen molar-refractivity contribution in [2.45, 2.75) is 44.1 Å². The molecule has 5 heteroatoms. The zero-order chi connectivity index (χ0) is 19.3. The van der Waals surface area contributed by atoms with Gasteiger partial charge >= 0.3 is 0 Å². The molecular weight excluding hydrogens is 358 g/mol. The number of aromatic nitrogens is 1. The molecule has 4 nitrogen and oxygen atoms in total. The second kappa shape index (κ2) is 8.56. The zero-order valence-corrected chi connectivity index (χ0v) is 16.2. The Labute approximate surface area is 165 Å². The summed E-state index contributed by atoms with van der Waals surface area (Å²) < 4.78 is 0. The third-order valence-corrected chi connectivity index (χ3v) is 5.36. The summed E-state index contributed by atoms with van der Waals surface area (Å²) >= 11 is 6.01. The lowest BCUT2D eigenvalue weighted by atomic mass is 9.72. The van der Waals surface area contributed by atoms with Crippen molar-refractivity contribution in [2.75, 3.05) is 6.54 Å². The van der Waals surface area contributed by atoms with Crippen molar-refractivity contribution in [3.63, 3.8) is 0 Å². The van der Waals surface area contributed by atoms with E-state index in [1.54, 1.807) is 6.20 Å². The third-order valence-electron chi connectivity index (χ3n) is 5.13. The van der Waals surface area contributed by atoms with Crippen LogP contribution < -0.4 is 11.1 Å². The van der Waals surface area contributed by atoms with E-state index in [9.17, 15) is 4.79 Å². The summed E-state index contributed by atoms with van der Waals surface area (Å²) in [4.78, 5) is 14.9. The van der Waals surface area contributed by atoms with E-state index in [1.807, 2.05) is 30.3 Å². The first-order valence-corrected chi connectivity index (χ1v) is 9.54. The van der Waals surface area contributed by atoms with Crippen molar-refractivity contribution < 1.29 is 4.79 Å². The first-order chi connectivity index (χ1) is 13.0. The molecule has 0 saturated carbocycles. The standard InChI is InChI=1S/C13H14ClN.C9H10N2O/c14-12-6-4-5-11(9-12)13(10-15)7-2-1-3-8-13;1-6(12)11-9-5-7-2-3-10-8(9)4-7/h4-6,9H,2,7-8,10,15H2;2-4,9H,5H2,1H3,(H,11,12)/t;9-/m.0/s1. The molecule has 2 aromatic rings. The minimum atomic E-state index is 0.00394. The molecule has 2 bridgehead atoms. The molecule has 1 amide bonds. The monoisotopic (exact) mass is 381 g/mol. The summed E-state index contributed by atoms with van der Waals surface area (Å²) in [5.74, 6) is 6.30. The van der Waals surface area contributed by atoms with E-state index in [2.05, 4.69) is 28.2 Å². The smallest absolute Gasteiger partial charge is 0.217 e. The molecule has 0 saturated heterocycles. The molecule has 4 rings (SSSR count). The Morgan fingerprint density at radius 1 is 1.37 bits per heavy atom. The molecule has 27 heavy (non-hydrogen) atoms. The molecule has 2 atom stereocenters. The van der Waals surface area contributed by atoms with Crippen LogP contribution in [0.3, 0.4) is 0 Å². The molecule has 1 aromatic carbocycles. The fourth-order valence-electron chi connectivity index (χ4n) is 3.59. The maximum Gasteiger partial charge on any atom is 0.217 e. The Bertz CT molecular complexity index is 886. The van der Waals surface area contributed by atoms with Crippen molar-refractivity contribution in [3.8, 4) is 11.8 Å². The van der Waals surface area contributed by atoms with Gasteiger partial charge in [0.1, 0.15) is 0 Å². The van der Waals surface area contributed by atoms with Gasteiger partial charge in [0.2, 0.25) is 5.91 Å². The molecular formula is C22H24ClN3O. The fourth-order valence-corrected chi connectivity index (χ4v) is 3.78. The van der Waals surface area contributed by atoms with E-state index in [-0.39, 0.29) is 17.4 Å². The van der Waals surface area contributed by atoms with Crippen LogP contribution in [0.2, 0.25) is 5.02 Å². The first kappa shape index (κ1) is 19.4. The van der Waals surface area contributed by atoms with Gasteiger partial charge in [0.15, 0.2) is 0 Å². The second-order valence-electron chi connectivity index (χ2n) is 7.07. The molecule has 140 valence electrons. The predicted molar refractivity (Wildman–Crippen MR) is 108 cm³/mol. The van der Waals surface area contributed by atoms with Crippen LogP contribution in [0.5, 0.6) is 0 Å². The van der Waals surface area contributed by atoms with Gasteiger partial charge in [-0.25, -0.2) is 0 Å². The number of benzene rings is 1. The number of halogens is 1. The number of pyridine rings is 1. The number of rotatable bonds is 3. The number of nitrogens with one attached hydrogen (secondary N) is 1. The van der Waals surface area contributed by atoms with E-state index in [4.69, 9.17) is 17.3 Å². The van der Waals surface area contributed by atoms with Gasteiger partial charge in [0, 0.05) is 42.9 Å². The van der Waals surface area contributed by atoms with Gasteiger partial charge in [-0.05, 0) is 48.2 Å². The van der Waals surface area contributed by atoms with E-state index in [0.29, 0.717) is 6.54 Å². The highest BCUT2D eigenvalue weighted by molar-refractivity contribution is 6.30. The maximum absolute atomic E-state index is 10.8. The SMILES string of the molecule is CC(=O)N[C@H]1Cc2ccnc1c2.NCC1(c2cccc(Cl)c2)CC#CCC1. The van der Waals surface area contributed by atoms with Gasteiger partial charge in [0.05, 0.1) is 11.7 Å². The van der Waals surface area contributed by atoms with E-state index in [1.165, 1.54) is 18.1 Å². The van der Waals surface area contributed by atoms with Crippen LogP contribution in [-0.4, -0.2) is 17.4 Å². The highest BCUT2D eigenvalue weighted by Crippen LogP contribution is 2.34. The minimum absolute atomic E-state index is 0.00394. The summed E-state index contributed by atoms with van der Waals surface area (Å²) in [7, 11) is 0. The zero-order valence-electron chi connectivity index (χ0n) is 15.5. The minimum Gasteiger partial charge on any atom is -0.348 e. The van der Waals surface area contributed by atoms with Crippen molar-refractivity contribution in [3.05, 3.63) is 64.4 Å². The summed E-state index contributed by atoms with van der Waals surface area (Å²) in [6.07, 6.45) is 5.49. The highest BCUT2D eigenvalue weighted by atomic mass is 35.5. The summed E-state index contributed by atoms with van der Waals surface area (Å²) in [6.45, 7) is 2.17. The molecule has 1 aromatic heterocycles. The highest BCUT2D eigenvalue weighted by Gasteiger charge is 2.31. The number of nitrogens with two attached hydrogens (primary N) is 1. The van der Waals surface area contributed by atoms with Gasteiger partial charge in [-0.15, -0.1) is 11.8 Å². The molecule has 2 aliphatic rings. The van der Waals surface area contributed by atoms with Crippen molar-refractivity contribution >= 4 is 17.5 Å². The molecule has 0 radical (unpaired) electrons. The van der Waals surface area contributed by atoms with Crippen LogP contribution in [0.1, 0.15) is 49.0 Å². The van der Waals surface area contributed by atoms with Crippen molar-refractivity contribution in [2.24, 2.45) is 5.73 Å². The first-order valence-electron chi connectivity index (χ1n) is 9.16. The summed E-state index contributed by atoms with van der Waals surface area (Å²) in [5, 5.41) is 3.63. The van der Waals surface area contributed by atoms with Crippen LogP contribution in [0.4, 0.5) is 0 Å². The lowest BCUT2D eigenvalue weighted by Gasteiger charge is -2.32. The van der Waals surface area contributed by atoms with Crippen molar-refractivity contribution in [1.29, 1.82) is 0 Å². The van der Waals surface area contributed by atoms with Gasteiger partial charge in [-0.2, -0.15) is 0 Å². The van der Waals surface area contributed by atoms with Gasteiger partial charge in [0.25, 0.3) is 0 Å².